The highest BCUT2D eigenvalue weighted by atomic mass is 16.5. The van der Waals surface area contributed by atoms with E-state index < -0.39 is 30.6 Å². The van der Waals surface area contributed by atoms with Crippen LogP contribution in [0, 0.1) is 0 Å². The van der Waals surface area contributed by atoms with E-state index in [0.717, 1.165) is 0 Å². The molecule has 0 saturated carbocycles. The molecule has 0 aromatic heterocycles. The summed E-state index contributed by atoms with van der Waals surface area (Å²) in [5, 5.41) is 13.9. The van der Waals surface area contributed by atoms with Crippen LogP contribution in [0.2, 0.25) is 0 Å². The van der Waals surface area contributed by atoms with Crippen LogP contribution in [-0.2, 0) is 14.3 Å². The number of benzene rings is 1. The Hall–Kier alpha value is -3.23. The van der Waals surface area contributed by atoms with Crippen LogP contribution in [-0.4, -0.2) is 43.4 Å². The summed E-state index contributed by atoms with van der Waals surface area (Å²) in [4.78, 5) is 34.8. The molecule has 1 unspecified atom stereocenters. The number of allylic oxidation sites excluding steroid dienone is 1. The third-order valence-corrected chi connectivity index (χ3v) is 3.64. The van der Waals surface area contributed by atoms with Gasteiger partial charge in [-0.15, -0.1) is 0 Å². The van der Waals surface area contributed by atoms with Gasteiger partial charge in [0.2, 0.25) is 0 Å². The summed E-state index contributed by atoms with van der Waals surface area (Å²) < 4.78 is 15.5. The Kier molecular flexibility index (Phi) is 6.05. The van der Waals surface area contributed by atoms with E-state index in [2.05, 4.69) is 10.6 Å². The van der Waals surface area contributed by atoms with E-state index in [4.69, 9.17) is 19.3 Å². The molecular formula is C17H20N2O7. The number of carbonyl (C=O) groups is 3. The Balaban J connectivity index is 2.40. The third kappa shape index (κ3) is 4.24. The molecule has 0 fully saturated rings. The van der Waals surface area contributed by atoms with Crippen molar-refractivity contribution in [3.05, 3.63) is 35.0 Å². The SMILES string of the molecule is CCOC(=O)C1=C(C)NC(=O)NC1c1ccc(OCC(=O)O)c(OC)c1. The summed E-state index contributed by atoms with van der Waals surface area (Å²) in [5.74, 6) is -1.16. The molecule has 140 valence electrons. The number of carbonyl (C=O) groups excluding carboxylic acids is 2. The van der Waals surface area contributed by atoms with Crippen molar-refractivity contribution in [1.29, 1.82) is 0 Å². The van der Waals surface area contributed by atoms with Crippen LogP contribution in [0.15, 0.2) is 29.5 Å². The van der Waals surface area contributed by atoms with Gasteiger partial charge in [-0.05, 0) is 31.5 Å². The molecule has 1 heterocycles. The first-order valence-electron chi connectivity index (χ1n) is 7.85. The second-order valence-corrected chi connectivity index (χ2v) is 5.38. The zero-order valence-corrected chi connectivity index (χ0v) is 14.6. The summed E-state index contributed by atoms with van der Waals surface area (Å²) in [6.45, 7) is 2.98. The zero-order chi connectivity index (χ0) is 19.3. The third-order valence-electron chi connectivity index (χ3n) is 3.64. The lowest BCUT2D eigenvalue weighted by molar-refractivity contribution is -0.140. The normalized spacial score (nSPS) is 16.4. The van der Waals surface area contributed by atoms with Gasteiger partial charge in [-0.25, -0.2) is 14.4 Å². The van der Waals surface area contributed by atoms with Gasteiger partial charge in [0.25, 0.3) is 0 Å². The number of nitrogens with one attached hydrogen (secondary N) is 2. The van der Waals surface area contributed by atoms with E-state index in [1.165, 1.54) is 13.2 Å². The van der Waals surface area contributed by atoms with Gasteiger partial charge < -0.3 is 30.0 Å². The van der Waals surface area contributed by atoms with Gasteiger partial charge in [0, 0.05) is 5.70 Å². The van der Waals surface area contributed by atoms with Crippen molar-refractivity contribution in [1.82, 2.24) is 10.6 Å². The quantitative estimate of drug-likeness (QED) is 0.624. The van der Waals surface area contributed by atoms with Gasteiger partial charge >= 0.3 is 18.0 Å². The average Bonchev–Trinajstić information content (AvgIpc) is 2.59. The van der Waals surface area contributed by atoms with Crippen molar-refractivity contribution >= 4 is 18.0 Å². The van der Waals surface area contributed by atoms with Gasteiger partial charge in [0.1, 0.15) is 0 Å². The zero-order valence-electron chi connectivity index (χ0n) is 14.6. The smallest absolute Gasteiger partial charge is 0.341 e. The minimum atomic E-state index is -1.12. The first-order valence-corrected chi connectivity index (χ1v) is 7.85. The molecule has 1 aliphatic heterocycles. The highest BCUT2D eigenvalue weighted by Crippen LogP contribution is 2.34. The predicted molar refractivity (Wildman–Crippen MR) is 89.9 cm³/mol. The van der Waals surface area contributed by atoms with Crippen LogP contribution in [0.3, 0.4) is 0 Å². The molecule has 2 rings (SSSR count). The Morgan fingerprint density at radius 2 is 2.00 bits per heavy atom. The summed E-state index contributed by atoms with van der Waals surface area (Å²) in [7, 11) is 1.40. The molecule has 26 heavy (non-hydrogen) atoms. The summed E-state index contributed by atoms with van der Waals surface area (Å²) in [5.41, 5.74) is 1.22. The number of aliphatic carboxylic acids is 1. The number of methoxy groups -OCH3 is 1. The van der Waals surface area contributed by atoms with Crippen molar-refractivity contribution in [2.24, 2.45) is 0 Å². The minimum Gasteiger partial charge on any atom is -0.493 e. The molecule has 0 radical (unpaired) electrons. The molecule has 1 atom stereocenters. The lowest BCUT2D eigenvalue weighted by Crippen LogP contribution is -2.45. The monoisotopic (exact) mass is 364 g/mol. The van der Waals surface area contributed by atoms with Gasteiger partial charge in [0.05, 0.1) is 25.3 Å². The fourth-order valence-electron chi connectivity index (χ4n) is 2.55. The molecule has 9 heteroatoms. The molecule has 1 aliphatic rings. The van der Waals surface area contributed by atoms with Crippen molar-refractivity contribution in [2.75, 3.05) is 20.3 Å². The topological polar surface area (TPSA) is 123 Å². The fourth-order valence-corrected chi connectivity index (χ4v) is 2.55. The number of carboxylic acids is 1. The van der Waals surface area contributed by atoms with Crippen molar-refractivity contribution in [2.45, 2.75) is 19.9 Å². The minimum absolute atomic E-state index is 0.196. The second-order valence-electron chi connectivity index (χ2n) is 5.38. The van der Waals surface area contributed by atoms with E-state index in [-0.39, 0.29) is 23.7 Å². The molecular weight excluding hydrogens is 344 g/mol. The standard InChI is InChI=1S/C17H20N2O7/c1-4-25-16(22)14-9(2)18-17(23)19-15(14)10-5-6-11(12(7-10)24-3)26-8-13(20)21/h5-7,15H,4,8H2,1-3H3,(H,20,21)(H2,18,19,23). The summed E-state index contributed by atoms with van der Waals surface area (Å²) >= 11 is 0. The largest absolute Gasteiger partial charge is 0.493 e. The molecule has 0 spiro atoms. The maximum absolute atomic E-state index is 12.3. The number of hydrogen-bond donors (Lipinski definition) is 3. The van der Waals surface area contributed by atoms with Crippen molar-refractivity contribution in [3.63, 3.8) is 0 Å². The number of ether oxygens (including phenoxy) is 3. The van der Waals surface area contributed by atoms with Gasteiger partial charge in [-0.3, -0.25) is 0 Å². The van der Waals surface area contributed by atoms with Gasteiger partial charge in [-0.2, -0.15) is 0 Å². The van der Waals surface area contributed by atoms with Crippen LogP contribution in [0.25, 0.3) is 0 Å². The van der Waals surface area contributed by atoms with Crippen molar-refractivity contribution in [3.8, 4) is 11.5 Å². The van der Waals surface area contributed by atoms with E-state index in [1.807, 2.05) is 0 Å². The maximum atomic E-state index is 12.3. The van der Waals surface area contributed by atoms with Crippen LogP contribution >= 0.6 is 0 Å². The Morgan fingerprint density at radius 3 is 2.62 bits per heavy atom. The summed E-state index contributed by atoms with van der Waals surface area (Å²) in [6.07, 6.45) is 0. The first kappa shape index (κ1) is 19.1. The van der Waals surface area contributed by atoms with E-state index in [0.29, 0.717) is 11.3 Å². The first-order chi connectivity index (χ1) is 12.4. The number of amides is 2. The number of hydrogen-bond acceptors (Lipinski definition) is 6. The molecule has 2 amide bonds. The number of urea groups is 1. The Bertz CT molecular complexity index is 757. The molecule has 0 bridgehead atoms. The van der Waals surface area contributed by atoms with Gasteiger partial charge in [0.15, 0.2) is 18.1 Å². The molecule has 1 aromatic carbocycles. The van der Waals surface area contributed by atoms with Crippen LogP contribution in [0.1, 0.15) is 25.5 Å². The number of carboxylic acid groups (broad SMARTS) is 1. The second kappa shape index (κ2) is 8.24. The highest BCUT2D eigenvalue weighted by molar-refractivity contribution is 5.95. The predicted octanol–water partition coefficient (Wildman–Crippen LogP) is 1.35. The molecule has 0 saturated heterocycles. The van der Waals surface area contributed by atoms with Crippen LogP contribution < -0.4 is 20.1 Å². The lowest BCUT2D eigenvalue weighted by Gasteiger charge is -2.28. The average molecular weight is 364 g/mol. The van der Waals surface area contributed by atoms with Crippen LogP contribution in [0.4, 0.5) is 4.79 Å². The molecule has 0 aliphatic carbocycles. The Morgan fingerprint density at radius 1 is 1.27 bits per heavy atom. The molecule has 9 nitrogen and oxygen atoms in total. The van der Waals surface area contributed by atoms with E-state index >= 15 is 0 Å². The van der Waals surface area contributed by atoms with Crippen LogP contribution in [0.5, 0.6) is 11.5 Å². The van der Waals surface area contributed by atoms with E-state index in [1.54, 1.807) is 26.0 Å². The highest BCUT2D eigenvalue weighted by Gasteiger charge is 2.32. The number of esters is 1. The lowest BCUT2D eigenvalue weighted by atomic mass is 9.95. The Labute approximate surface area is 149 Å². The van der Waals surface area contributed by atoms with Gasteiger partial charge in [-0.1, -0.05) is 6.07 Å². The van der Waals surface area contributed by atoms with Crippen molar-refractivity contribution < 1.29 is 33.7 Å². The molecule has 3 N–H and O–H groups in total. The fraction of sp³-hybridized carbons (Fsp3) is 0.353. The summed E-state index contributed by atoms with van der Waals surface area (Å²) in [6, 6.07) is 3.50. The molecule has 1 aromatic rings. The van der Waals surface area contributed by atoms with E-state index in [9.17, 15) is 14.4 Å². The maximum Gasteiger partial charge on any atom is 0.341 e. The number of rotatable bonds is 7.